The smallest absolute Gasteiger partial charge is 0.224 e. The number of benzene rings is 2. The first kappa shape index (κ1) is 22.3. The van der Waals surface area contributed by atoms with Gasteiger partial charge in [-0.15, -0.1) is 0 Å². The van der Waals surface area contributed by atoms with Crippen LogP contribution in [-0.4, -0.2) is 55.2 Å². The van der Waals surface area contributed by atoms with Crippen molar-refractivity contribution in [2.45, 2.75) is 6.42 Å². The normalized spacial score (nSPS) is 17.2. The fourth-order valence-electron chi connectivity index (χ4n) is 3.29. The van der Waals surface area contributed by atoms with E-state index in [1.165, 1.54) is 0 Å². The first-order valence-corrected chi connectivity index (χ1v) is 10.5. The van der Waals surface area contributed by atoms with Crippen molar-refractivity contribution in [3.8, 4) is 0 Å². The molecule has 3 rings (SSSR count). The van der Waals surface area contributed by atoms with E-state index in [1.54, 1.807) is 29.2 Å². The summed E-state index contributed by atoms with van der Waals surface area (Å²) in [5, 5.41) is 1.20. The van der Waals surface area contributed by atoms with Gasteiger partial charge in [0.1, 0.15) is 0 Å². The molecule has 1 fully saturated rings. The van der Waals surface area contributed by atoms with E-state index in [2.05, 4.69) is 0 Å². The topological polar surface area (TPSA) is 40.6 Å². The molecule has 30 heavy (non-hydrogen) atoms. The summed E-state index contributed by atoms with van der Waals surface area (Å²) in [5.41, 5.74) is 2.79. The Hall–Kier alpha value is -2.40. The van der Waals surface area contributed by atoms with Gasteiger partial charge in [-0.05, 0) is 61.6 Å². The second kappa shape index (κ2) is 10.1. The predicted molar refractivity (Wildman–Crippen MR) is 124 cm³/mol. The van der Waals surface area contributed by atoms with Crippen LogP contribution in [0.1, 0.15) is 17.5 Å². The Labute approximate surface area is 187 Å². The maximum Gasteiger partial charge on any atom is 0.224 e. The third-order valence-corrected chi connectivity index (χ3v) is 5.28. The summed E-state index contributed by atoms with van der Waals surface area (Å²) in [4.78, 5) is 29.7. The SMILES string of the molecule is CN(C)CCC(=O)N1C/C(=C\c2cccc(Cl)c2)C(=O)/C(=C/c2cccc(Cl)c2)C1. The molecule has 0 spiro atoms. The van der Waals surface area contributed by atoms with Crippen LogP contribution in [0.4, 0.5) is 0 Å². The molecular weight excluding hydrogens is 419 g/mol. The number of likely N-dealkylation sites (tertiary alicyclic amines) is 1. The van der Waals surface area contributed by atoms with Gasteiger partial charge in [0, 0.05) is 47.2 Å². The van der Waals surface area contributed by atoms with Gasteiger partial charge in [-0.1, -0.05) is 47.5 Å². The summed E-state index contributed by atoms with van der Waals surface area (Å²) in [6.45, 7) is 1.22. The highest BCUT2D eigenvalue weighted by Gasteiger charge is 2.28. The molecular formula is C24H24Cl2N2O2. The fourth-order valence-corrected chi connectivity index (χ4v) is 3.69. The van der Waals surface area contributed by atoms with Gasteiger partial charge in [-0.2, -0.15) is 0 Å². The zero-order chi connectivity index (χ0) is 21.7. The van der Waals surface area contributed by atoms with Gasteiger partial charge in [0.15, 0.2) is 5.78 Å². The fraction of sp³-hybridized carbons (Fsp3) is 0.250. The van der Waals surface area contributed by atoms with Crippen LogP contribution < -0.4 is 0 Å². The van der Waals surface area contributed by atoms with Gasteiger partial charge in [0.2, 0.25) is 5.91 Å². The lowest BCUT2D eigenvalue weighted by Crippen LogP contribution is -2.42. The van der Waals surface area contributed by atoms with E-state index in [-0.39, 0.29) is 24.8 Å². The van der Waals surface area contributed by atoms with E-state index in [4.69, 9.17) is 23.2 Å². The molecule has 1 aliphatic rings. The second-order valence-corrected chi connectivity index (χ2v) is 8.45. The molecule has 0 aliphatic carbocycles. The van der Waals surface area contributed by atoms with E-state index >= 15 is 0 Å². The number of ketones is 1. The molecule has 1 amide bonds. The van der Waals surface area contributed by atoms with Gasteiger partial charge in [0.05, 0.1) is 0 Å². The van der Waals surface area contributed by atoms with E-state index in [0.29, 0.717) is 34.2 Å². The molecule has 1 heterocycles. The van der Waals surface area contributed by atoms with Crippen molar-refractivity contribution in [1.29, 1.82) is 0 Å². The Morgan fingerprint density at radius 1 is 0.967 bits per heavy atom. The first-order chi connectivity index (χ1) is 14.3. The number of amides is 1. The lowest BCUT2D eigenvalue weighted by atomic mass is 9.94. The standard InChI is InChI=1S/C24H24Cl2N2O2/c1-27(2)10-9-23(29)28-15-19(11-17-5-3-7-21(25)13-17)24(30)20(16-28)12-18-6-4-8-22(26)14-18/h3-8,11-14H,9-10,15-16H2,1-2H3/b19-11+,20-12+. The monoisotopic (exact) mass is 442 g/mol. The molecule has 2 aromatic carbocycles. The molecule has 0 bridgehead atoms. The quantitative estimate of drug-likeness (QED) is 0.622. The minimum atomic E-state index is -0.0633. The summed E-state index contributed by atoms with van der Waals surface area (Å²) in [5.74, 6) is -0.0446. The molecule has 6 heteroatoms. The molecule has 156 valence electrons. The summed E-state index contributed by atoms with van der Waals surface area (Å²) < 4.78 is 0. The molecule has 0 aromatic heterocycles. The number of hydrogen-bond donors (Lipinski definition) is 0. The molecule has 0 unspecified atom stereocenters. The van der Waals surface area contributed by atoms with Crippen LogP contribution >= 0.6 is 23.2 Å². The maximum atomic E-state index is 13.2. The Bertz CT molecular complexity index is 944. The lowest BCUT2D eigenvalue weighted by Gasteiger charge is -2.30. The third kappa shape index (κ3) is 6.05. The summed E-state index contributed by atoms with van der Waals surface area (Å²) >= 11 is 12.2. The van der Waals surface area contributed by atoms with Crippen molar-refractivity contribution in [1.82, 2.24) is 9.80 Å². The Morgan fingerprint density at radius 2 is 1.47 bits per heavy atom. The molecule has 0 radical (unpaired) electrons. The highest BCUT2D eigenvalue weighted by molar-refractivity contribution is 6.31. The molecule has 4 nitrogen and oxygen atoms in total. The largest absolute Gasteiger partial charge is 0.334 e. The van der Waals surface area contributed by atoms with Crippen molar-refractivity contribution in [3.63, 3.8) is 0 Å². The van der Waals surface area contributed by atoms with Crippen molar-refractivity contribution in [3.05, 3.63) is 80.8 Å². The highest BCUT2D eigenvalue weighted by Crippen LogP contribution is 2.24. The van der Waals surface area contributed by atoms with Crippen LogP contribution in [0.25, 0.3) is 12.2 Å². The molecule has 0 saturated carbocycles. The van der Waals surface area contributed by atoms with E-state index < -0.39 is 0 Å². The van der Waals surface area contributed by atoms with Crippen LogP contribution in [0, 0.1) is 0 Å². The van der Waals surface area contributed by atoms with E-state index in [1.807, 2.05) is 55.4 Å². The van der Waals surface area contributed by atoms with Crippen molar-refractivity contribution in [2.75, 3.05) is 33.7 Å². The van der Waals surface area contributed by atoms with E-state index in [0.717, 1.165) is 11.1 Å². The Kier molecular flexibility index (Phi) is 7.48. The highest BCUT2D eigenvalue weighted by atomic mass is 35.5. The summed E-state index contributed by atoms with van der Waals surface area (Å²) in [6.07, 6.45) is 4.02. The molecule has 1 saturated heterocycles. The Balaban J connectivity index is 1.95. The maximum absolute atomic E-state index is 13.2. The van der Waals surface area contributed by atoms with Gasteiger partial charge >= 0.3 is 0 Å². The average Bonchev–Trinajstić information content (AvgIpc) is 2.69. The minimum Gasteiger partial charge on any atom is -0.334 e. The van der Waals surface area contributed by atoms with Crippen molar-refractivity contribution >= 4 is 47.0 Å². The Morgan fingerprint density at radius 3 is 1.90 bits per heavy atom. The van der Waals surface area contributed by atoms with Crippen LogP contribution in [0.5, 0.6) is 0 Å². The first-order valence-electron chi connectivity index (χ1n) is 9.71. The number of Topliss-reactive ketones (excluding diaryl/α,β-unsaturated/α-hetero) is 1. The number of piperidine rings is 1. The lowest BCUT2D eigenvalue weighted by molar-refractivity contribution is -0.131. The van der Waals surface area contributed by atoms with Crippen LogP contribution in [0.15, 0.2) is 59.7 Å². The number of halogens is 2. The summed E-state index contributed by atoms with van der Waals surface area (Å²) in [6, 6.07) is 14.6. The number of hydrogen-bond acceptors (Lipinski definition) is 3. The predicted octanol–water partition coefficient (Wildman–Crippen LogP) is 4.82. The molecule has 0 N–H and O–H groups in total. The number of carbonyl (C=O) groups is 2. The summed E-state index contributed by atoms with van der Waals surface area (Å²) in [7, 11) is 3.87. The second-order valence-electron chi connectivity index (χ2n) is 7.58. The van der Waals surface area contributed by atoms with Gasteiger partial charge in [-0.25, -0.2) is 0 Å². The average molecular weight is 443 g/mol. The zero-order valence-corrected chi connectivity index (χ0v) is 18.6. The zero-order valence-electron chi connectivity index (χ0n) is 17.1. The van der Waals surface area contributed by atoms with Crippen LogP contribution in [0.3, 0.4) is 0 Å². The van der Waals surface area contributed by atoms with Crippen LogP contribution in [-0.2, 0) is 9.59 Å². The van der Waals surface area contributed by atoms with Gasteiger partial charge in [-0.3, -0.25) is 9.59 Å². The van der Waals surface area contributed by atoms with Gasteiger partial charge in [0.25, 0.3) is 0 Å². The molecule has 0 atom stereocenters. The van der Waals surface area contributed by atoms with Crippen LogP contribution in [0.2, 0.25) is 10.0 Å². The van der Waals surface area contributed by atoms with Gasteiger partial charge < -0.3 is 9.80 Å². The number of nitrogens with zero attached hydrogens (tertiary/aromatic N) is 2. The molecule has 1 aliphatic heterocycles. The van der Waals surface area contributed by atoms with Crippen molar-refractivity contribution in [2.24, 2.45) is 0 Å². The minimum absolute atomic E-state index is 0.0187. The molecule has 2 aromatic rings. The van der Waals surface area contributed by atoms with E-state index in [9.17, 15) is 9.59 Å². The number of carbonyl (C=O) groups excluding carboxylic acids is 2. The number of rotatable bonds is 5. The van der Waals surface area contributed by atoms with Crippen molar-refractivity contribution < 1.29 is 9.59 Å². The third-order valence-electron chi connectivity index (χ3n) is 4.81.